The fourth-order valence-electron chi connectivity index (χ4n) is 2.04. The van der Waals surface area contributed by atoms with E-state index in [0.717, 1.165) is 5.56 Å². The standard InChI is InChI=1S/C16H17BrN2O2/c1-2-19(10-12-5-3-4-6-14(12)18)16(21)11-7-8-13(17)15(20)9-11/h3-9,20H,2,10,18H2,1H3. The number of nitrogen functional groups attached to an aromatic ring is 1. The van der Waals surface area contributed by atoms with E-state index in [9.17, 15) is 9.90 Å². The second-order valence-electron chi connectivity index (χ2n) is 4.68. The van der Waals surface area contributed by atoms with E-state index in [1.54, 1.807) is 17.0 Å². The van der Waals surface area contributed by atoms with Crippen molar-refractivity contribution in [3.05, 3.63) is 58.1 Å². The zero-order chi connectivity index (χ0) is 15.4. The van der Waals surface area contributed by atoms with Crippen molar-refractivity contribution in [2.75, 3.05) is 12.3 Å². The molecule has 0 saturated carbocycles. The van der Waals surface area contributed by atoms with Crippen molar-refractivity contribution >= 4 is 27.5 Å². The van der Waals surface area contributed by atoms with Crippen molar-refractivity contribution in [3.63, 3.8) is 0 Å². The quantitative estimate of drug-likeness (QED) is 0.832. The van der Waals surface area contributed by atoms with Gasteiger partial charge in [0, 0.05) is 24.3 Å². The lowest BCUT2D eigenvalue weighted by atomic mass is 10.1. The Labute approximate surface area is 132 Å². The Hall–Kier alpha value is -2.01. The van der Waals surface area contributed by atoms with E-state index in [0.29, 0.717) is 28.8 Å². The lowest BCUT2D eigenvalue weighted by molar-refractivity contribution is 0.0752. The molecule has 1 amide bonds. The number of halogens is 1. The molecule has 0 bridgehead atoms. The number of carbonyl (C=O) groups is 1. The maximum Gasteiger partial charge on any atom is 0.254 e. The van der Waals surface area contributed by atoms with Crippen LogP contribution < -0.4 is 5.73 Å². The smallest absolute Gasteiger partial charge is 0.254 e. The second kappa shape index (κ2) is 6.63. The molecular formula is C16H17BrN2O2. The summed E-state index contributed by atoms with van der Waals surface area (Å²) in [5, 5.41) is 9.70. The Morgan fingerprint density at radius 1 is 1.29 bits per heavy atom. The number of aromatic hydroxyl groups is 1. The van der Waals surface area contributed by atoms with Crippen LogP contribution in [0.2, 0.25) is 0 Å². The van der Waals surface area contributed by atoms with Gasteiger partial charge in [0.1, 0.15) is 5.75 Å². The van der Waals surface area contributed by atoms with Crippen molar-refractivity contribution in [2.45, 2.75) is 13.5 Å². The van der Waals surface area contributed by atoms with Gasteiger partial charge in [-0.2, -0.15) is 0 Å². The molecule has 0 radical (unpaired) electrons. The molecule has 4 nitrogen and oxygen atoms in total. The normalized spacial score (nSPS) is 10.4. The Balaban J connectivity index is 2.22. The molecule has 2 aromatic rings. The highest BCUT2D eigenvalue weighted by Gasteiger charge is 2.16. The van der Waals surface area contributed by atoms with E-state index in [4.69, 9.17) is 5.73 Å². The van der Waals surface area contributed by atoms with Gasteiger partial charge in [-0.25, -0.2) is 0 Å². The third-order valence-corrected chi connectivity index (χ3v) is 3.95. The Morgan fingerprint density at radius 3 is 2.62 bits per heavy atom. The van der Waals surface area contributed by atoms with Gasteiger partial charge in [0.15, 0.2) is 0 Å². The first kappa shape index (κ1) is 15.4. The maximum atomic E-state index is 12.5. The summed E-state index contributed by atoms with van der Waals surface area (Å²) in [5.74, 6) is -0.0836. The van der Waals surface area contributed by atoms with Crippen molar-refractivity contribution in [1.29, 1.82) is 0 Å². The summed E-state index contributed by atoms with van der Waals surface area (Å²) in [7, 11) is 0. The number of rotatable bonds is 4. The molecule has 110 valence electrons. The highest BCUT2D eigenvalue weighted by Crippen LogP contribution is 2.25. The molecule has 0 fully saturated rings. The molecule has 2 rings (SSSR count). The minimum Gasteiger partial charge on any atom is -0.507 e. The molecule has 0 unspecified atom stereocenters. The Morgan fingerprint density at radius 2 is 2.00 bits per heavy atom. The summed E-state index contributed by atoms with van der Waals surface area (Å²) in [4.78, 5) is 14.2. The summed E-state index contributed by atoms with van der Waals surface area (Å²) in [6.07, 6.45) is 0. The van der Waals surface area contributed by atoms with Gasteiger partial charge in [-0.15, -0.1) is 0 Å². The van der Waals surface area contributed by atoms with Crippen LogP contribution >= 0.6 is 15.9 Å². The predicted molar refractivity (Wildman–Crippen MR) is 87.1 cm³/mol. The number of phenols is 1. The van der Waals surface area contributed by atoms with Crippen molar-refractivity contribution in [1.82, 2.24) is 4.90 Å². The summed E-state index contributed by atoms with van der Waals surface area (Å²) >= 11 is 3.20. The molecule has 0 aliphatic heterocycles. The predicted octanol–water partition coefficient (Wildman–Crippen LogP) is 3.40. The van der Waals surface area contributed by atoms with Gasteiger partial charge in [-0.1, -0.05) is 18.2 Å². The highest BCUT2D eigenvalue weighted by atomic mass is 79.9. The molecule has 0 aliphatic carbocycles. The molecule has 3 N–H and O–H groups in total. The van der Waals surface area contributed by atoms with Crippen LogP contribution in [-0.2, 0) is 6.54 Å². The van der Waals surface area contributed by atoms with Crippen LogP contribution in [0.1, 0.15) is 22.8 Å². The van der Waals surface area contributed by atoms with E-state index in [1.807, 2.05) is 31.2 Å². The van der Waals surface area contributed by atoms with Gasteiger partial charge in [0.2, 0.25) is 0 Å². The molecule has 5 heteroatoms. The molecule has 0 aromatic heterocycles. The number of hydrogen-bond donors (Lipinski definition) is 2. The fraction of sp³-hybridized carbons (Fsp3) is 0.188. The number of nitrogens with zero attached hydrogens (tertiary/aromatic N) is 1. The molecular weight excluding hydrogens is 332 g/mol. The van der Waals surface area contributed by atoms with E-state index < -0.39 is 0 Å². The van der Waals surface area contributed by atoms with Crippen LogP contribution in [0.3, 0.4) is 0 Å². The third kappa shape index (κ3) is 3.55. The zero-order valence-electron chi connectivity index (χ0n) is 11.7. The monoisotopic (exact) mass is 348 g/mol. The van der Waals surface area contributed by atoms with E-state index in [-0.39, 0.29) is 11.7 Å². The average Bonchev–Trinajstić information content (AvgIpc) is 2.48. The number of phenolic OH excluding ortho intramolecular Hbond substituents is 1. The summed E-state index contributed by atoms with van der Waals surface area (Å²) in [6, 6.07) is 12.3. The van der Waals surface area contributed by atoms with Gasteiger partial charge in [0.05, 0.1) is 4.47 Å². The molecule has 0 aliphatic rings. The van der Waals surface area contributed by atoms with E-state index >= 15 is 0 Å². The lowest BCUT2D eigenvalue weighted by Crippen LogP contribution is -2.30. The van der Waals surface area contributed by atoms with E-state index in [1.165, 1.54) is 6.07 Å². The topological polar surface area (TPSA) is 66.6 Å². The summed E-state index contributed by atoms with van der Waals surface area (Å²) < 4.78 is 0.564. The van der Waals surface area contributed by atoms with Gasteiger partial charge in [0.25, 0.3) is 5.91 Å². The van der Waals surface area contributed by atoms with Crippen molar-refractivity contribution in [2.24, 2.45) is 0 Å². The van der Waals surface area contributed by atoms with E-state index in [2.05, 4.69) is 15.9 Å². The molecule has 2 aromatic carbocycles. The number of para-hydroxylation sites is 1. The number of anilines is 1. The molecule has 0 saturated heterocycles. The minimum atomic E-state index is -0.136. The van der Waals surface area contributed by atoms with Crippen molar-refractivity contribution < 1.29 is 9.90 Å². The molecule has 0 spiro atoms. The number of benzene rings is 2. The number of nitrogens with two attached hydrogens (primary N) is 1. The Bertz CT molecular complexity index is 658. The number of amides is 1. The van der Waals surface area contributed by atoms with Crippen LogP contribution in [0, 0.1) is 0 Å². The molecule has 21 heavy (non-hydrogen) atoms. The first-order chi connectivity index (χ1) is 10.0. The molecule has 0 atom stereocenters. The highest BCUT2D eigenvalue weighted by molar-refractivity contribution is 9.10. The van der Waals surface area contributed by atoms with Gasteiger partial charge in [-0.3, -0.25) is 4.79 Å². The van der Waals surface area contributed by atoms with Gasteiger partial charge >= 0.3 is 0 Å². The average molecular weight is 349 g/mol. The number of carbonyl (C=O) groups excluding carboxylic acids is 1. The largest absolute Gasteiger partial charge is 0.507 e. The maximum absolute atomic E-state index is 12.5. The van der Waals surface area contributed by atoms with Gasteiger partial charge in [-0.05, 0) is 52.7 Å². The SMILES string of the molecule is CCN(Cc1ccccc1N)C(=O)c1ccc(Br)c(O)c1. The summed E-state index contributed by atoms with van der Waals surface area (Å²) in [5.41, 5.74) is 7.95. The van der Waals surface area contributed by atoms with Crippen LogP contribution in [0.5, 0.6) is 5.75 Å². The minimum absolute atomic E-state index is 0.0520. The fourth-order valence-corrected chi connectivity index (χ4v) is 2.29. The van der Waals surface area contributed by atoms with Crippen LogP contribution in [0.15, 0.2) is 46.9 Å². The zero-order valence-corrected chi connectivity index (χ0v) is 13.3. The third-order valence-electron chi connectivity index (χ3n) is 3.28. The van der Waals surface area contributed by atoms with Crippen molar-refractivity contribution in [3.8, 4) is 5.75 Å². The first-order valence-corrected chi connectivity index (χ1v) is 7.43. The van der Waals surface area contributed by atoms with Crippen LogP contribution in [-0.4, -0.2) is 22.5 Å². The Kier molecular flexibility index (Phi) is 4.85. The van der Waals surface area contributed by atoms with Gasteiger partial charge < -0.3 is 15.7 Å². The molecule has 0 heterocycles. The second-order valence-corrected chi connectivity index (χ2v) is 5.54. The van der Waals surface area contributed by atoms with Crippen LogP contribution in [0.25, 0.3) is 0 Å². The lowest BCUT2D eigenvalue weighted by Gasteiger charge is -2.22. The van der Waals surface area contributed by atoms with Crippen LogP contribution in [0.4, 0.5) is 5.69 Å². The number of hydrogen-bond acceptors (Lipinski definition) is 3. The summed E-state index contributed by atoms with van der Waals surface area (Å²) in [6.45, 7) is 2.92. The first-order valence-electron chi connectivity index (χ1n) is 6.64.